The van der Waals surface area contributed by atoms with Crippen LogP contribution in [0.3, 0.4) is 0 Å². The van der Waals surface area contributed by atoms with Gasteiger partial charge in [0.1, 0.15) is 42.3 Å². The molecule has 348 valence electrons. The van der Waals surface area contributed by atoms with E-state index in [0.717, 1.165) is 0 Å². The predicted molar refractivity (Wildman–Crippen MR) is 231 cm³/mol. The molecule has 20 heteroatoms. The van der Waals surface area contributed by atoms with E-state index in [-0.39, 0.29) is 31.1 Å². The van der Waals surface area contributed by atoms with Gasteiger partial charge in [0.25, 0.3) is 0 Å². The number of carboxylic acid groups (broad SMARTS) is 1. The molecule has 0 unspecified atom stereocenters. The van der Waals surface area contributed by atoms with Crippen molar-refractivity contribution in [3.05, 3.63) is 35.9 Å². The summed E-state index contributed by atoms with van der Waals surface area (Å²) in [7, 11) is 0. The van der Waals surface area contributed by atoms with E-state index in [2.05, 4.69) is 42.5 Å². The van der Waals surface area contributed by atoms with Crippen molar-refractivity contribution in [1.82, 2.24) is 42.5 Å². The van der Waals surface area contributed by atoms with Crippen molar-refractivity contribution >= 4 is 53.2 Å². The van der Waals surface area contributed by atoms with E-state index < -0.39 is 114 Å². The Labute approximate surface area is 364 Å². The molecule has 0 aromatic heterocycles. The molecular weight excluding hydrogens is 805 g/mol. The highest BCUT2D eigenvalue weighted by molar-refractivity contribution is 5.97. The number of carboxylic acids is 1. The van der Waals surface area contributed by atoms with Crippen molar-refractivity contribution in [2.75, 3.05) is 13.1 Å². The number of aliphatic carboxylic acids is 1. The number of benzene rings is 1. The zero-order chi connectivity index (χ0) is 47.3. The molecule has 0 aliphatic rings. The van der Waals surface area contributed by atoms with Crippen LogP contribution < -0.4 is 54.0 Å². The zero-order valence-electron chi connectivity index (χ0n) is 37.5. The highest BCUT2D eigenvalue weighted by Gasteiger charge is 2.33. The maximum atomic E-state index is 13.7. The molecule has 0 spiro atoms. The van der Waals surface area contributed by atoms with Gasteiger partial charge in [-0.15, -0.1) is 0 Å². The minimum atomic E-state index is -1.24. The first-order valence-electron chi connectivity index (χ1n) is 21.1. The SMILES string of the molecule is CC(C)C[C@H](NC(=O)[C@H](C)NC(=O)CNC(=O)[C@H](C)NC(=O)[C@@H](N)C(C)C)C(=O)N[C@H](C(=O)N[C@@H](C)C(=O)N[C@@H](Cc1ccccc1)C(=O)N[C@@H](CCCCN)C(=O)O)C(C)C. The lowest BCUT2D eigenvalue weighted by Gasteiger charge is -2.28. The van der Waals surface area contributed by atoms with Crippen molar-refractivity contribution in [3.8, 4) is 0 Å². The highest BCUT2D eigenvalue weighted by Crippen LogP contribution is 2.10. The Balaban J connectivity index is 2.98. The van der Waals surface area contributed by atoms with E-state index in [1.807, 2.05) is 13.8 Å². The van der Waals surface area contributed by atoms with Gasteiger partial charge in [-0.3, -0.25) is 38.4 Å². The standard InChI is InChI=1S/C42H70N10O10/c1-22(2)19-30(50-36(55)26(8)46-32(53)21-45-35(54)25(7)47-40(59)33(44)23(3)4)39(58)52-34(24(5)6)41(60)48-27(9)37(56)51-31(20-28-15-11-10-12-16-28)38(57)49-29(42(61)62)17-13-14-18-43/h10-12,15-16,22-27,29-31,33-34H,13-14,17-21,43-44H2,1-9H3,(H,45,54)(H,46,53)(H,47,59)(H,48,60)(H,49,57)(H,50,55)(H,51,56)(H,52,58)(H,61,62)/t25-,26-,27-,29-,30-,31-,33-,34-/m0/s1. The second kappa shape index (κ2) is 27.3. The van der Waals surface area contributed by atoms with Gasteiger partial charge >= 0.3 is 5.97 Å². The van der Waals surface area contributed by atoms with E-state index in [0.29, 0.717) is 24.9 Å². The van der Waals surface area contributed by atoms with E-state index in [9.17, 15) is 48.3 Å². The highest BCUT2D eigenvalue weighted by atomic mass is 16.4. The summed E-state index contributed by atoms with van der Waals surface area (Å²) < 4.78 is 0. The number of amides is 8. The maximum Gasteiger partial charge on any atom is 0.326 e. The third-order valence-corrected chi connectivity index (χ3v) is 9.78. The first-order chi connectivity index (χ1) is 29.0. The van der Waals surface area contributed by atoms with Gasteiger partial charge in [-0.25, -0.2) is 4.79 Å². The maximum absolute atomic E-state index is 13.7. The minimum absolute atomic E-state index is 0.0233. The van der Waals surface area contributed by atoms with Crippen molar-refractivity contribution in [2.45, 2.75) is 143 Å². The number of carbonyl (C=O) groups is 9. The summed E-state index contributed by atoms with van der Waals surface area (Å²) in [6.07, 6.45) is 1.34. The van der Waals surface area contributed by atoms with Crippen molar-refractivity contribution in [1.29, 1.82) is 0 Å². The summed E-state index contributed by atoms with van der Waals surface area (Å²) in [4.78, 5) is 116. The number of nitrogens with two attached hydrogens (primary N) is 2. The molecule has 1 rings (SSSR count). The van der Waals surface area contributed by atoms with Crippen LogP contribution in [0, 0.1) is 17.8 Å². The number of hydrogen-bond acceptors (Lipinski definition) is 11. The molecule has 8 atom stereocenters. The van der Waals surface area contributed by atoms with E-state index >= 15 is 0 Å². The number of hydrogen-bond donors (Lipinski definition) is 11. The van der Waals surface area contributed by atoms with Gasteiger partial charge in [0, 0.05) is 6.42 Å². The van der Waals surface area contributed by atoms with Crippen LogP contribution in [-0.4, -0.2) is 120 Å². The molecule has 0 aliphatic heterocycles. The van der Waals surface area contributed by atoms with Crippen LogP contribution in [0.25, 0.3) is 0 Å². The van der Waals surface area contributed by atoms with Gasteiger partial charge in [0.2, 0.25) is 47.3 Å². The van der Waals surface area contributed by atoms with Gasteiger partial charge in [0.15, 0.2) is 0 Å². The predicted octanol–water partition coefficient (Wildman–Crippen LogP) is -1.30. The molecular formula is C42H70N10O10. The zero-order valence-corrected chi connectivity index (χ0v) is 37.5. The smallest absolute Gasteiger partial charge is 0.326 e. The molecule has 0 bridgehead atoms. The molecule has 20 nitrogen and oxygen atoms in total. The molecule has 0 fully saturated rings. The van der Waals surface area contributed by atoms with E-state index in [1.165, 1.54) is 20.8 Å². The van der Waals surface area contributed by atoms with Gasteiger partial charge in [0.05, 0.1) is 12.6 Å². The molecule has 0 aliphatic carbocycles. The molecule has 8 amide bonds. The summed E-state index contributed by atoms with van der Waals surface area (Å²) >= 11 is 0. The second-order valence-corrected chi connectivity index (χ2v) is 16.6. The van der Waals surface area contributed by atoms with Crippen LogP contribution in [0.4, 0.5) is 0 Å². The van der Waals surface area contributed by atoms with E-state index in [4.69, 9.17) is 11.5 Å². The summed E-state index contributed by atoms with van der Waals surface area (Å²) in [6, 6.07) is -0.125. The summed E-state index contributed by atoms with van der Waals surface area (Å²) in [5.41, 5.74) is 12.0. The average Bonchev–Trinajstić information content (AvgIpc) is 3.20. The lowest BCUT2D eigenvalue weighted by Crippen LogP contribution is -2.60. The van der Waals surface area contributed by atoms with Gasteiger partial charge < -0.3 is 59.1 Å². The van der Waals surface area contributed by atoms with Gasteiger partial charge in [-0.05, 0) is 76.3 Å². The molecule has 13 N–H and O–H groups in total. The molecule has 0 saturated heterocycles. The summed E-state index contributed by atoms with van der Waals surface area (Å²) in [6.45, 7) is 14.6. The molecule has 0 heterocycles. The number of rotatable bonds is 27. The van der Waals surface area contributed by atoms with Crippen molar-refractivity contribution in [3.63, 3.8) is 0 Å². The topological polar surface area (TPSA) is 322 Å². The van der Waals surface area contributed by atoms with Crippen molar-refractivity contribution in [2.24, 2.45) is 29.2 Å². The lowest BCUT2D eigenvalue weighted by atomic mass is 9.99. The van der Waals surface area contributed by atoms with Gasteiger partial charge in [-0.1, -0.05) is 71.9 Å². The third kappa shape index (κ3) is 19.8. The van der Waals surface area contributed by atoms with Crippen molar-refractivity contribution < 1.29 is 48.3 Å². The lowest BCUT2D eigenvalue weighted by molar-refractivity contribution is -0.142. The summed E-state index contributed by atoms with van der Waals surface area (Å²) in [5, 5.41) is 30.0. The Morgan fingerprint density at radius 1 is 0.565 bits per heavy atom. The van der Waals surface area contributed by atoms with Crippen LogP contribution in [0.2, 0.25) is 0 Å². The first kappa shape index (κ1) is 54.4. The molecule has 0 saturated carbocycles. The molecule has 62 heavy (non-hydrogen) atoms. The molecule has 1 aromatic carbocycles. The average molecular weight is 875 g/mol. The largest absolute Gasteiger partial charge is 0.480 e. The Morgan fingerprint density at radius 3 is 1.61 bits per heavy atom. The summed E-state index contributed by atoms with van der Waals surface area (Å²) in [5.74, 6) is -7.49. The third-order valence-electron chi connectivity index (χ3n) is 9.78. The normalized spacial score (nSPS) is 15.1. The van der Waals surface area contributed by atoms with Gasteiger partial charge in [-0.2, -0.15) is 0 Å². The first-order valence-corrected chi connectivity index (χ1v) is 21.1. The second-order valence-electron chi connectivity index (χ2n) is 16.6. The molecule has 0 radical (unpaired) electrons. The Kier molecular flexibility index (Phi) is 24.0. The fraction of sp³-hybridized carbons (Fsp3) is 0.643. The van der Waals surface area contributed by atoms with Crippen LogP contribution in [0.5, 0.6) is 0 Å². The monoisotopic (exact) mass is 875 g/mol. The fourth-order valence-corrected chi connectivity index (χ4v) is 5.89. The molecule has 1 aromatic rings. The number of nitrogens with one attached hydrogen (secondary N) is 8. The fourth-order valence-electron chi connectivity index (χ4n) is 5.89. The minimum Gasteiger partial charge on any atom is -0.480 e. The van der Waals surface area contributed by atoms with Crippen LogP contribution in [-0.2, 0) is 49.6 Å². The van der Waals surface area contributed by atoms with Crippen LogP contribution in [0.15, 0.2) is 30.3 Å². The van der Waals surface area contributed by atoms with E-state index in [1.54, 1.807) is 58.0 Å². The Morgan fingerprint density at radius 2 is 1.08 bits per heavy atom. The quantitative estimate of drug-likeness (QED) is 0.0460. The number of unbranched alkanes of at least 4 members (excludes halogenated alkanes) is 1. The van der Waals surface area contributed by atoms with Crippen LogP contribution >= 0.6 is 0 Å². The Bertz CT molecular complexity index is 1680. The number of carbonyl (C=O) groups excluding carboxylic acids is 8. The van der Waals surface area contributed by atoms with Crippen LogP contribution in [0.1, 0.15) is 93.6 Å². The Hall–Kier alpha value is -5.63.